The molecule has 90 valence electrons. The molecule has 2 N–H and O–H groups in total. The molecule has 0 aliphatic carbocycles. The maximum atomic E-state index is 13.2. The molecule has 1 unspecified atom stereocenters. The van der Waals surface area contributed by atoms with Crippen LogP contribution in [0.25, 0.3) is 0 Å². The summed E-state index contributed by atoms with van der Waals surface area (Å²) in [6.45, 7) is 4.89. The number of anilines is 2. The van der Waals surface area contributed by atoms with Crippen molar-refractivity contribution >= 4 is 11.4 Å². The van der Waals surface area contributed by atoms with E-state index in [1.165, 1.54) is 6.07 Å². The van der Waals surface area contributed by atoms with Crippen LogP contribution in [-0.2, 0) is 0 Å². The van der Waals surface area contributed by atoms with Gasteiger partial charge in [0.25, 0.3) is 0 Å². The first kappa shape index (κ1) is 12.7. The van der Waals surface area contributed by atoms with Crippen LogP contribution in [0, 0.1) is 17.6 Å². The van der Waals surface area contributed by atoms with E-state index < -0.39 is 11.6 Å². The van der Waals surface area contributed by atoms with Gasteiger partial charge < -0.3 is 10.6 Å². The summed E-state index contributed by atoms with van der Waals surface area (Å²) in [6, 6.07) is 2.07. The molecule has 4 heteroatoms. The van der Waals surface area contributed by atoms with Crippen molar-refractivity contribution in [2.24, 2.45) is 5.92 Å². The Bertz CT molecular complexity index is 366. The largest absolute Gasteiger partial charge is 0.395 e. The van der Waals surface area contributed by atoms with Crippen molar-refractivity contribution in [3.05, 3.63) is 23.8 Å². The molecule has 1 rings (SSSR count). The third-order valence-corrected chi connectivity index (χ3v) is 2.77. The quantitative estimate of drug-likeness (QED) is 0.803. The standard InChI is InChI=1S/C12H18F2N2/c1-4-8(2)7-16(3)11-6-9(13)5-10(14)12(11)15/h5-6,8H,4,7,15H2,1-3H3. The van der Waals surface area contributed by atoms with Gasteiger partial charge in [-0.25, -0.2) is 8.78 Å². The van der Waals surface area contributed by atoms with Crippen molar-refractivity contribution in [2.45, 2.75) is 20.3 Å². The summed E-state index contributed by atoms with van der Waals surface area (Å²) in [4.78, 5) is 1.79. The van der Waals surface area contributed by atoms with E-state index >= 15 is 0 Å². The van der Waals surface area contributed by atoms with Crippen molar-refractivity contribution in [3.63, 3.8) is 0 Å². The summed E-state index contributed by atoms with van der Waals surface area (Å²) < 4.78 is 26.3. The van der Waals surface area contributed by atoms with Crippen molar-refractivity contribution in [2.75, 3.05) is 24.2 Å². The number of nitrogens with zero attached hydrogens (tertiary/aromatic N) is 1. The fourth-order valence-corrected chi connectivity index (χ4v) is 1.58. The van der Waals surface area contributed by atoms with Crippen molar-refractivity contribution in [3.8, 4) is 0 Å². The molecule has 16 heavy (non-hydrogen) atoms. The summed E-state index contributed by atoms with van der Waals surface area (Å²) in [5, 5.41) is 0. The van der Waals surface area contributed by atoms with E-state index in [2.05, 4.69) is 13.8 Å². The lowest BCUT2D eigenvalue weighted by molar-refractivity contribution is 0.555. The second-order valence-corrected chi connectivity index (χ2v) is 4.21. The second kappa shape index (κ2) is 5.14. The summed E-state index contributed by atoms with van der Waals surface area (Å²) >= 11 is 0. The Hall–Kier alpha value is -1.32. The van der Waals surface area contributed by atoms with Crippen molar-refractivity contribution in [1.29, 1.82) is 0 Å². The van der Waals surface area contributed by atoms with Crippen LogP contribution < -0.4 is 10.6 Å². The van der Waals surface area contributed by atoms with Crippen LogP contribution in [-0.4, -0.2) is 13.6 Å². The number of nitrogen functional groups attached to an aromatic ring is 1. The second-order valence-electron chi connectivity index (χ2n) is 4.21. The van der Waals surface area contributed by atoms with Gasteiger partial charge >= 0.3 is 0 Å². The van der Waals surface area contributed by atoms with Gasteiger partial charge in [-0.15, -0.1) is 0 Å². The molecule has 0 saturated carbocycles. The first-order valence-electron chi connectivity index (χ1n) is 5.41. The fraction of sp³-hybridized carbons (Fsp3) is 0.500. The number of halogens is 2. The molecule has 1 aromatic rings. The normalized spacial score (nSPS) is 12.6. The van der Waals surface area contributed by atoms with Gasteiger partial charge in [0.2, 0.25) is 0 Å². The number of rotatable bonds is 4. The average Bonchev–Trinajstić information content (AvgIpc) is 2.22. The van der Waals surface area contributed by atoms with Gasteiger partial charge in [-0.2, -0.15) is 0 Å². The van der Waals surface area contributed by atoms with Crippen molar-refractivity contribution in [1.82, 2.24) is 0 Å². The third kappa shape index (κ3) is 2.84. The maximum absolute atomic E-state index is 13.2. The van der Waals surface area contributed by atoms with Crippen LogP contribution in [0.4, 0.5) is 20.2 Å². The minimum Gasteiger partial charge on any atom is -0.395 e. The zero-order valence-corrected chi connectivity index (χ0v) is 9.93. The molecule has 0 amide bonds. The van der Waals surface area contributed by atoms with Crippen LogP contribution in [0.3, 0.4) is 0 Å². The fourth-order valence-electron chi connectivity index (χ4n) is 1.58. The Balaban J connectivity index is 2.94. The average molecular weight is 228 g/mol. The van der Waals surface area contributed by atoms with E-state index in [1.807, 2.05) is 0 Å². The predicted octanol–water partition coefficient (Wildman–Crippen LogP) is 3.03. The summed E-state index contributed by atoms with van der Waals surface area (Å²) in [6.07, 6.45) is 1.02. The molecule has 0 aromatic heterocycles. The highest BCUT2D eigenvalue weighted by Gasteiger charge is 2.13. The predicted molar refractivity (Wildman–Crippen MR) is 63.5 cm³/mol. The molecule has 0 spiro atoms. The Kier molecular flexibility index (Phi) is 4.10. The molecule has 0 aliphatic rings. The van der Waals surface area contributed by atoms with Gasteiger partial charge in [-0.05, 0) is 12.0 Å². The van der Waals surface area contributed by atoms with Gasteiger partial charge in [0.05, 0.1) is 11.4 Å². The Morgan fingerprint density at radius 1 is 1.38 bits per heavy atom. The Morgan fingerprint density at radius 3 is 2.56 bits per heavy atom. The molecule has 1 aromatic carbocycles. The third-order valence-electron chi connectivity index (χ3n) is 2.77. The molecule has 1 atom stereocenters. The van der Waals surface area contributed by atoms with E-state index in [-0.39, 0.29) is 5.69 Å². The smallest absolute Gasteiger partial charge is 0.151 e. The van der Waals surface area contributed by atoms with Crippen LogP contribution >= 0.6 is 0 Å². The number of hydrogen-bond acceptors (Lipinski definition) is 2. The summed E-state index contributed by atoms with van der Waals surface area (Å²) in [7, 11) is 1.79. The minimum absolute atomic E-state index is 0.00667. The topological polar surface area (TPSA) is 29.3 Å². The molecule has 2 nitrogen and oxygen atoms in total. The highest BCUT2D eigenvalue weighted by Crippen LogP contribution is 2.27. The number of benzene rings is 1. The van der Waals surface area contributed by atoms with Crippen LogP contribution in [0.15, 0.2) is 12.1 Å². The van der Waals surface area contributed by atoms with Crippen LogP contribution in [0.2, 0.25) is 0 Å². The van der Waals surface area contributed by atoms with Gasteiger partial charge in [0.1, 0.15) is 5.82 Å². The molecular weight excluding hydrogens is 210 g/mol. The molecule has 0 radical (unpaired) electrons. The van der Waals surface area contributed by atoms with E-state index in [1.54, 1.807) is 11.9 Å². The molecule has 0 saturated heterocycles. The SMILES string of the molecule is CCC(C)CN(C)c1cc(F)cc(F)c1N. The van der Waals surface area contributed by atoms with Crippen molar-refractivity contribution < 1.29 is 8.78 Å². The number of hydrogen-bond donors (Lipinski definition) is 1. The highest BCUT2D eigenvalue weighted by atomic mass is 19.1. The monoisotopic (exact) mass is 228 g/mol. The lowest BCUT2D eigenvalue weighted by atomic mass is 10.1. The lowest BCUT2D eigenvalue weighted by Gasteiger charge is -2.24. The first-order chi connectivity index (χ1) is 7.45. The van der Waals surface area contributed by atoms with Crippen LogP contribution in [0.5, 0.6) is 0 Å². The molecule has 0 heterocycles. The van der Waals surface area contributed by atoms with Crippen LogP contribution in [0.1, 0.15) is 20.3 Å². The maximum Gasteiger partial charge on any atom is 0.151 e. The van der Waals surface area contributed by atoms with E-state index in [0.717, 1.165) is 19.0 Å². The molecule has 0 fully saturated rings. The Labute approximate surface area is 95.1 Å². The van der Waals surface area contributed by atoms with E-state index in [4.69, 9.17) is 5.73 Å². The van der Waals surface area contributed by atoms with Gasteiger partial charge in [0.15, 0.2) is 5.82 Å². The van der Waals surface area contributed by atoms with E-state index in [9.17, 15) is 8.78 Å². The highest BCUT2D eigenvalue weighted by molar-refractivity contribution is 5.67. The molecule has 0 bridgehead atoms. The number of nitrogens with two attached hydrogens (primary N) is 1. The van der Waals surface area contributed by atoms with Gasteiger partial charge in [-0.1, -0.05) is 20.3 Å². The molecular formula is C12H18F2N2. The molecule has 0 aliphatic heterocycles. The van der Waals surface area contributed by atoms with Gasteiger partial charge in [-0.3, -0.25) is 0 Å². The minimum atomic E-state index is -0.703. The summed E-state index contributed by atoms with van der Waals surface area (Å²) in [5.74, 6) is -0.848. The Morgan fingerprint density at radius 2 is 2.00 bits per heavy atom. The zero-order valence-electron chi connectivity index (χ0n) is 9.93. The van der Waals surface area contributed by atoms with Gasteiger partial charge in [0, 0.05) is 19.7 Å². The van der Waals surface area contributed by atoms with E-state index in [0.29, 0.717) is 11.6 Å². The zero-order chi connectivity index (χ0) is 12.3. The lowest BCUT2D eigenvalue weighted by Crippen LogP contribution is -2.25. The first-order valence-corrected chi connectivity index (χ1v) is 5.41. The summed E-state index contributed by atoms with van der Waals surface area (Å²) in [5.41, 5.74) is 6.01.